The number of methoxy groups -OCH3 is 2. The number of thiazole rings is 1. The Balaban J connectivity index is 1.31. The fraction of sp³-hybridized carbons (Fsp3) is 0.364. The number of hydrogen-bond donors (Lipinski definition) is 1. The molecule has 0 spiro atoms. The van der Waals surface area contributed by atoms with Crippen LogP contribution in [-0.4, -0.2) is 69.3 Å². The van der Waals surface area contributed by atoms with Crippen molar-refractivity contribution < 1.29 is 18.7 Å². The normalized spacial score (nSPS) is 14.6. The first-order chi connectivity index (χ1) is 15.1. The van der Waals surface area contributed by atoms with Crippen LogP contribution in [0.25, 0.3) is 10.2 Å². The molecule has 1 N–H and O–H groups in total. The summed E-state index contributed by atoms with van der Waals surface area (Å²) in [5.74, 6) is 0.454. The molecule has 4 rings (SSSR count). The number of nitrogens with zero attached hydrogens (tertiary/aromatic N) is 3. The third kappa shape index (κ3) is 4.57. The summed E-state index contributed by atoms with van der Waals surface area (Å²) in [5.41, 5.74) is 0.898. The molecular formula is C22H25FN4O3S. The van der Waals surface area contributed by atoms with Crippen LogP contribution in [0.2, 0.25) is 0 Å². The molecule has 0 radical (unpaired) electrons. The summed E-state index contributed by atoms with van der Waals surface area (Å²) >= 11 is 1.64. The van der Waals surface area contributed by atoms with E-state index >= 15 is 0 Å². The van der Waals surface area contributed by atoms with E-state index in [1.165, 1.54) is 12.1 Å². The lowest BCUT2D eigenvalue weighted by atomic mass is 10.2. The van der Waals surface area contributed by atoms with Crippen LogP contribution in [0, 0.1) is 5.82 Å². The number of fused-ring (bicyclic) bond motifs is 1. The molecule has 0 saturated carbocycles. The number of ether oxygens (including phenoxy) is 2. The van der Waals surface area contributed by atoms with Crippen LogP contribution >= 0.6 is 11.3 Å². The van der Waals surface area contributed by atoms with Gasteiger partial charge in [-0.2, -0.15) is 0 Å². The number of carbonyl (C=O) groups excluding carboxylic acids is 1. The van der Waals surface area contributed by atoms with Crippen molar-refractivity contribution in [1.82, 2.24) is 15.2 Å². The van der Waals surface area contributed by atoms with Crippen molar-refractivity contribution >= 4 is 32.6 Å². The Morgan fingerprint density at radius 3 is 2.61 bits per heavy atom. The minimum atomic E-state index is -0.501. The molecule has 1 saturated heterocycles. The Morgan fingerprint density at radius 2 is 1.90 bits per heavy atom. The second-order valence-corrected chi connectivity index (χ2v) is 8.22. The molecule has 2 aromatic carbocycles. The molecular weight excluding hydrogens is 419 g/mol. The first-order valence-corrected chi connectivity index (χ1v) is 10.9. The molecule has 1 aromatic heterocycles. The number of hydrogen-bond acceptors (Lipinski definition) is 7. The summed E-state index contributed by atoms with van der Waals surface area (Å²) in [4.78, 5) is 21.5. The number of carbonyl (C=O) groups is 1. The van der Waals surface area contributed by atoms with Crippen LogP contribution < -0.4 is 19.7 Å². The average Bonchev–Trinajstić information content (AvgIpc) is 3.23. The lowest BCUT2D eigenvalue weighted by molar-refractivity contribution is 0.0943. The average molecular weight is 445 g/mol. The monoisotopic (exact) mass is 444 g/mol. The Kier molecular flexibility index (Phi) is 6.53. The van der Waals surface area contributed by atoms with Crippen molar-refractivity contribution in [2.75, 3.05) is 58.4 Å². The molecule has 164 valence electrons. The molecule has 0 bridgehead atoms. The van der Waals surface area contributed by atoms with Gasteiger partial charge in [-0.25, -0.2) is 9.37 Å². The van der Waals surface area contributed by atoms with Crippen LogP contribution in [0.3, 0.4) is 0 Å². The standard InChI is InChI=1S/C22H25FN4O3S/c1-29-17-7-8-18-19(20(17)30-2)25-22(31-18)27-13-11-26(12-14-27)10-9-24-21(28)15-5-3-4-6-16(15)23/h3-8H,9-14H2,1-2H3,(H,24,28). The molecule has 1 fully saturated rings. The van der Waals surface area contributed by atoms with Crippen LogP contribution in [0.15, 0.2) is 36.4 Å². The van der Waals surface area contributed by atoms with Crippen molar-refractivity contribution in [2.45, 2.75) is 0 Å². The highest BCUT2D eigenvalue weighted by Gasteiger charge is 2.22. The van der Waals surface area contributed by atoms with Gasteiger partial charge in [-0.1, -0.05) is 23.5 Å². The van der Waals surface area contributed by atoms with Gasteiger partial charge in [0.15, 0.2) is 16.6 Å². The Bertz CT molecular complexity index is 1070. The summed E-state index contributed by atoms with van der Waals surface area (Å²) in [7, 11) is 3.25. The molecule has 7 nitrogen and oxygen atoms in total. The van der Waals surface area contributed by atoms with Gasteiger partial charge in [-0.3, -0.25) is 9.69 Å². The van der Waals surface area contributed by atoms with Gasteiger partial charge >= 0.3 is 0 Å². The first-order valence-electron chi connectivity index (χ1n) is 10.1. The summed E-state index contributed by atoms with van der Waals surface area (Å²) < 4.78 is 25.6. The van der Waals surface area contributed by atoms with E-state index in [2.05, 4.69) is 15.1 Å². The summed E-state index contributed by atoms with van der Waals surface area (Å²) in [6, 6.07) is 9.92. The smallest absolute Gasteiger partial charge is 0.254 e. The van der Waals surface area contributed by atoms with E-state index in [1.807, 2.05) is 12.1 Å². The number of halogens is 1. The molecule has 1 aliphatic rings. The highest BCUT2D eigenvalue weighted by atomic mass is 32.1. The SMILES string of the molecule is COc1ccc2sc(N3CCN(CCNC(=O)c4ccccc4F)CC3)nc2c1OC. The van der Waals surface area contributed by atoms with Crippen molar-refractivity contribution in [2.24, 2.45) is 0 Å². The van der Waals surface area contributed by atoms with Crippen molar-refractivity contribution in [3.05, 3.63) is 47.8 Å². The van der Waals surface area contributed by atoms with E-state index in [0.717, 1.165) is 48.1 Å². The van der Waals surface area contributed by atoms with E-state index in [4.69, 9.17) is 14.5 Å². The molecule has 3 aromatic rings. The maximum absolute atomic E-state index is 13.7. The molecule has 0 atom stereocenters. The minimum absolute atomic E-state index is 0.0789. The third-order valence-corrected chi connectivity index (χ3v) is 6.45. The Hall–Kier alpha value is -2.91. The Labute approximate surface area is 184 Å². The molecule has 1 amide bonds. The van der Waals surface area contributed by atoms with Gasteiger partial charge in [0.25, 0.3) is 5.91 Å². The maximum Gasteiger partial charge on any atom is 0.254 e. The fourth-order valence-electron chi connectivity index (χ4n) is 3.66. The number of aromatic nitrogens is 1. The molecule has 1 aliphatic heterocycles. The molecule has 0 aliphatic carbocycles. The number of rotatable bonds is 7. The zero-order valence-electron chi connectivity index (χ0n) is 17.6. The topological polar surface area (TPSA) is 66.9 Å². The van der Waals surface area contributed by atoms with Crippen LogP contribution in [0.5, 0.6) is 11.5 Å². The van der Waals surface area contributed by atoms with Gasteiger partial charge < -0.3 is 19.7 Å². The minimum Gasteiger partial charge on any atom is -0.493 e. The maximum atomic E-state index is 13.7. The third-order valence-electron chi connectivity index (χ3n) is 5.37. The van der Waals surface area contributed by atoms with Crippen LogP contribution in [-0.2, 0) is 0 Å². The van der Waals surface area contributed by atoms with Gasteiger partial charge in [-0.05, 0) is 24.3 Å². The largest absolute Gasteiger partial charge is 0.493 e. The van der Waals surface area contributed by atoms with E-state index in [0.29, 0.717) is 18.0 Å². The lowest BCUT2D eigenvalue weighted by Crippen LogP contribution is -2.48. The van der Waals surface area contributed by atoms with Gasteiger partial charge in [0.1, 0.15) is 11.3 Å². The highest BCUT2D eigenvalue weighted by Crippen LogP contribution is 2.40. The van der Waals surface area contributed by atoms with Crippen molar-refractivity contribution in [3.63, 3.8) is 0 Å². The summed E-state index contributed by atoms with van der Waals surface area (Å²) in [5, 5.41) is 3.77. The molecule has 31 heavy (non-hydrogen) atoms. The van der Waals surface area contributed by atoms with Crippen LogP contribution in [0.1, 0.15) is 10.4 Å². The van der Waals surface area contributed by atoms with Gasteiger partial charge in [0, 0.05) is 39.3 Å². The van der Waals surface area contributed by atoms with Gasteiger partial charge in [-0.15, -0.1) is 0 Å². The van der Waals surface area contributed by atoms with Crippen molar-refractivity contribution in [1.29, 1.82) is 0 Å². The van der Waals surface area contributed by atoms with Gasteiger partial charge in [0.2, 0.25) is 0 Å². The van der Waals surface area contributed by atoms with E-state index in [9.17, 15) is 9.18 Å². The zero-order valence-corrected chi connectivity index (χ0v) is 18.4. The summed E-state index contributed by atoms with van der Waals surface area (Å²) in [6.45, 7) is 4.63. The number of piperazine rings is 1. The fourth-order valence-corrected chi connectivity index (χ4v) is 4.68. The van der Waals surface area contributed by atoms with Gasteiger partial charge in [0.05, 0.1) is 24.5 Å². The predicted molar refractivity (Wildman–Crippen MR) is 120 cm³/mol. The highest BCUT2D eigenvalue weighted by molar-refractivity contribution is 7.22. The lowest BCUT2D eigenvalue weighted by Gasteiger charge is -2.34. The number of nitrogens with one attached hydrogen (secondary N) is 1. The zero-order chi connectivity index (χ0) is 21.8. The molecule has 0 unspecified atom stereocenters. The summed E-state index contributed by atoms with van der Waals surface area (Å²) in [6.07, 6.45) is 0. The number of anilines is 1. The second kappa shape index (κ2) is 9.49. The van der Waals surface area contributed by atoms with Crippen LogP contribution in [0.4, 0.5) is 9.52 Å². The molecule has 9 heteroatoms. The predicted octanol–water partition coefficient (Wildman–Crippen LogP) is 3.00. The van der Waals surface area contributed by atoms with Crippen molar-refractivity contribution in [3.8, 4) is 11.5 Å². The number of benzene rings is 2. The van der Waals surface area contributed by atoms with E-state index in [1.54, 1.807) is 37.7 Å². The molecule has 2 heterocycles. The Morgan fingerprint density at radius 1 is 1.13 bits per heavy atom. The second-order valence-electron chi connectivity index (χ2n) is 7.21. The quantitative estimate of drug-likeness (QED) is 0.604. The first kappa shape index (κ1) is 21.3. The van der Waals surface area contributed by atoms with E-state index < -0.39 is 5.82 Å². The van der Waals surface area contributed by atoms with E-state index in [-0.39, 0.29) is 11.5 Å². The number of amides is 1.